The van der Waals surface area contributed by atoms with Crippen LogP contribution in [0, 0.1) is 0 Å². The summed E-state index contributed by atoms with van der Waals surface area (Å²) < 4.78 is 12.2. The molecule has 4 heterocycles. The molecule has 1 aromatic carbocycles. The van der Waals surface area contributed by atoms with Gasteiger partial charge in [-0.25, -0.2) is 0 Å². The van der Waals surface area contributed by atoms with Crippen molar-refractivity contribution in [1.29, 1.82) is 0 Å². The van der Waals surface area contributed by atoms with Gasteiger partial charge in [-0.05, 0) is 83.1 Å². The lowest BCUT2D eigenvalue weighted by molar-refractivity contribution is 0.0193. The van der Waals surface area contributed by atoms with Gasteiger partial charge in [-0.15, -0.1) is 0 Å². The third-order valence-electron chi connectivity index (χ3n) is 7.82. The minimum atomic E-state index is -0.270. The number of anilines is 1. The van der Waals surface area contributed by atoms with E-state index < -0.39 is 0 Å². The average molecular weight is 466 g/mol. The number of rotatable bonds is 2. The molecule has 2 aromatic rings. The molecule has 1 aliphatic carbocycles. The van der Waals surface area contributed by atoms with Gasteiger partial charge in [-0.1, -0.05) is 24.3 Å². The van der Waals surface area contributed by atoms with E-state index in [2.05, 4.69) is 58.3 Å². The zero-order valence-electron chi connectivity index (χ0n) is 21.0. The molecule has 34 heavy (non-hydrogen) atoms. The zero-order chi connectivity index (χ0) is 23.5. The second kappa shape index (κ2) is 10.1. The molecule has 3 aliphatic heterocycles. The Morgan fingerprint density at radius 3 is 2.62 bits per heavy atom. The molecule has 4 aliphatic rings. The van der Waals surface area contributed by atoms with Crippen molar-refractivity contribution in [2.75, 3.05) is 51.8 Å². The van der Waals surface area contributed by atoms with Gasteiger partial charge in [-0.2, -0.15) is 9.97 Å². The Morgan fingerprint density at radius 2 is 1.88 bits per heavy atom. The van der Waals surface area contributed by atoms with Gasteiger partial charge in [0, 0.05) is 25.7 Å². The number of nitrogens with one attached hydrogen (secondary N) is 1. The highest BCUT2D eigenvalue weighted by molar-refractivity contribution is 5.55. The number of piperazine rings is 1. The first-order chi connectivity index (χ1) is 16.6. The fourth-order valence-corrected chi connectivity index (χ4v) is 5.91. The summed E-state index contributed by atoms with van der Waals surface area (Å²) in [5.41, 5.74) is 3.60. The quantitative estimate of drug-likeness (QED) is 0.728. The van der Waals surface area contributed by atoms with Crippen LogP contribution in [0.1, 0.15) is 55.7 Å². The Labute approximate surface area is 203 Å². The van der Waals surface area contributed by atoms with Crippen LogP contribution >= 0.6 is 0 Å². The first-order valence-corrected chi connectivity index (χ1v) is 13.0. The first kappa shape index (κ1) is 23.4. The van der Waals surface area contributed by atoms with Crippen molar-refractivity contribution in [2.24, 2.45) is 0 Å². The maximum absolute atomic E-state index is 6.72. The molecule has 1 spiro atoms. The van der Waals surface area contributed by atoms with E-state index in [1.54, 1.807) is 7.11 Å². The second-order valence-electron chi connectivity index (χ2n) is 10.2. The summed E-state index contributed by atoms with van der Waals surface area (Å²) in [5, 5.41) is 3.45. The number of nitrogens with zero attached hydrogens (tertiary/aromatic N) is 4. The predicted octanol–water partition coefficient (Wildman–Crippen LogP) is 3.55. The standard InChI is InChI=1S/C22H28N4O2.C5H11N/c1-15-14-23-12-13-26(15)19-17-9-11-22(28-20(17)25-21(24-19)27-2)10-5-7-16-6-3-4-8-18(16)22;1-6-4-2-3-5-6/h3-4,6,8,15,23H,5,7,9-14H2,1-2H3;2-5H2,1H3/t15-,22?;/m0./s1. The van der Waals surface area contributed by atoms with Crippen molar-refractivity contribution >= 4 is 5.82 Å². The second-order valence-corrected chi connectivity index (χ2v) is 10.2. The third-order valence-corrected chi connectivity index (χ3v) is 7.82. The smallest absolute Gasteiger partial charge is 0.321 e. The van der Waals surface area contributed by atoms with E-state index >= 15 is 0 Å². The van der Waals surface area contributed by atoms with Crippen LogP contribution in [0.25, 0.3) is 0 Å². The molecule has 0 saturated carbocycles. The van der Waals surface area contributed by atoms with Crippen LogP contribution in [0.3, 0.4) is 0 Å². The number of likely N-dealkylation sites (tertiary alicyclic amines) is 1. The predicted molar refractivity (Wildman–Crippen MR) is 135 cm³/mol. The van der Waals surface area contributed by atoms with E-state index in [0.29, 0.717) is 17.9 Å². The molecule has 184 valence electrons. The van der Waals surface area contributed by atoms with Gasteiger partial charge >= 0.3 is 6.01 Å². The molecule has 0 bridgehead atoms. The van der Waals surface area contributed by atoms with Gasteiger partial charge in [0.2, 0.25) is 5.88 Å². The van der Waals surface area contributed by atoms with Crippen LogP contribution in [0.5, 0.6) is 11.9 Å². The lowest BCUT2D eigenvalue weighted by atomic mass is 9.75. The van der Waals surface area contributed by atoms with Gasteiger partial charge in [0.25, 0.3) is 0 Å². The normalized spacial score (nSPS) is 26.2. The molecular formula is C27H39N5O2. The van der Waals surface area contributed by atoms with Crippen LogP contribution in [0.4, 0.5) is 5.82 Å². The largest absolute Gasteiger partial charge is 0.467 e. The van der Waals surface area contributed by atoms with Crippen LogP contribution in [-0.4, -0.2) is 67.8 Å². The monoisotopic (exact) mass is 465 g/mol. The Bertz CT molecular complexity index is 993. The Hall–Kier alpha value is -2.38. The average Bonchev–Trinajstić information content (AvgIpc) is 3.35. The molecule has 0 radical (unpaired) electrons. The summed E-state index contributed by atoms with van der Waals surface area (Å²) in [7, 11) is 3.80. The maximum Gasteiger partial charge on any atom is 0.321 e. The molecule has 2 atom stereocenters. The van der Waals surface area contributed by atoms with Crippen LogP contribution < -0.4 is 19.7 Å². The van der Waals surface area contributed by atoms with Crippen molar-refractivity contribution in [1.82, 2.24) is 20.2 Å². The van der Waals surface area contributed by atoms with Gasteiger partial charge in [0.1, 0.15) is 11.4 Å². The third kappa shape index (κ3) is 4.60. The molecule has 6 rings (SSSR count). The molecule has 2 saturated heterocycles. The van der Waals surface area contributed by atoms with Crippen molar-refractivity contribution in [2.45, 2.75) is 63.5 Å². The highest BCUT2D eigenvalue weighted by atomic mass is 16.5. The summed E-state index contributed by atoms with van der Waals surface area (Å²) in [4.78, 5) is 14.1. The van der Waals surface area contributed by atoms with Crippen molar-refractivity contribution in [3.05, 3.63) is 41.0 Å². The van der Waals surface area contributed by atoms with E-state index in [9.17, 15) is 0 Å². The fraction of sp³-hybridized carbons (Fsp3) is 0.630. The lowest BCUT2D eigenvalue weighted by Gasteiger charge is -2.43. The number of ether oxygens (including phenoxy) is 2. The molecule has 1 unspecified atom stereocenters. The van der Waals surface area contributed by atoms with Crippen LogP contribution in [0.2, 0.25) is 0 Å². The highest BCUT2D eigenvalue weighted by Gasteiger charge is 2.43. The van der Waals surface area contributed by atoms with Crippen LogP contribution in [-0.2, 0) is 18.4 Å². The summed E-state index contributed by atoms with van der Waals surface area (Å²) in [6.45, 7) is 7.72. The molecule has 2 fully saturated rings. The topological polar surface area (TPSA) is 62.8 Å². The molecule has 1 aromatic heterocycles. The number of aryl methyl sites for hydroxylation is 1. The number of hydrogen-bond acceptors (Lipinski definition) is 7. The molecule has 7 heteroatoms. The number of benzene rings is 1. The zero-order valence-corrected chi connectivity index (χ0v) is 21.0. The Kier molecular flexibility index (Phi) is 6.93. The summed E-state index contributed by atoms with van der Waals surface area (Å²) in [5.74, 6) is 1.69. The SMILES string of the molecule is CN1CCCC1.COc1nc2c(c(N3CCNC[C@@H]3C)n1)CCC1(CCCc3ccccc31)O2. The van der Waals surface area contributed by atoms with E-state index in [1.807, 2.05) is 0 Å². The minimum absolute atomic E-state index is 0.270. The number of fused-ring (bicyclic) bond motifs is 3. The van der Waals surface area contributed by atoms with E-state index in [-0.39, 0.29) is 5.60 Å². The Morgan fingerprint density at radius 1 is 1.06 bits per heavy atom. The maximum atomic E-state index is 6.72. The molecule has 0 amide bonds. The highest BCUT2D eigenvalue weighted by Crippen LogP contribution is 2.48. The van der Waals surface area contributed by atoms with E-state index in [0.717, 1.165) is 63.1 Å². The van der Waals surface area contributed by atoms with E-state index in [1.165, 1.54) is 37.1 Å². The molecule has 1 N–H and O–H groups in total. The summed E-state index contributed by atoms with van der Waals surface area (Å²) in [6.07, 6.45) is 8.04. The fourth-order valence-electron chi connectivity index (χ4n) is 5.91. The van der Waals surface area contributed by atoms with Gasteiger partial charge in [0.05, 0.1) is 12.7 Å². The number of aromatic nitrogens is 2. The van der Waals surface area contributed by atoms with Gasteiger partial charge in [-0.3, -0.25) is 0 Å². The van der Waals surface area contributed by atoms with Crippen molar-refractivity contribution < 1.29 is 9.47 Å². The lowest BCUT2D eigenvalue weighted by Crippen LogP contribution is -2.51. The number of hydrogen-bond donors (Lipinski definition) is 1. The summed E-state index contributed by atoms with van der Waals surface area (Å²) in [6, 6.07) is 9.49. The van der Waals surface area contributed by atoms with E-state index in [4.69, 9.17) is 14.5 Å². The van der Waals surface area contributed by atoms with Gasteiger partial charge in [0.15, 0.2) is 0 Å². The Balaban J connectivity index is 0.000000351. The summed E-state index contributed by atoms with van der Waals surface area (Å²) >= 11 is 0. The first-order valence-electron chi connectivity index (χ1n) is 13.0. The van der Waals surface area contributed by atoms with Crippen LogP contribution in [0.15, 0.2) is 24.3 Å². The van der Waals surface area contributed by atoms with Crippen molar-refractivity contribution in [3.63, 3.8) is 0 Å². The van der Waals surface area contributed by atoms with Crippen molar-refractivity contribution in [3.8, 4) is 11.9 Å². The number of methoxy groups -OCH3 is 1. The molecule has 7 nitrogen and oxygen atoms in total. The minimum Gasteiger partial charge on any atom is -0.467 e. The molecular weight excluding hydrogens is 426 g/mol. The van der Waals surface area contributed by atoms with Gasteiger partial charge < -0.3 is 24.6 Å².